The van der Waals surface area contributed by atoms with E-state index < -0.39 is 10.8 Å². The van der Waals surface area contributed by atoms with Crippen LogP contribution in [0.4, 0.5) is 0 Å². The average molecular weight is 274 g/mol. The summed E-state index contributed by atoms with van der Waals surface area (Å²) in [4.78, 5) is 5.83. The zero-order valence-corrected chi connectivity index (χ0v) is 12.9. The summed E-state index contributed by atoms with van der Waals surface area (Å²) in [5.41, 5.74) is 1.15. The van der Waals surface area contributed by atoms with E-state index >= 15 is 0 Å². The Labute approximate surface area is 111 Å². The van der Waals surface area contributed by atoms with Crippen molar-refractivity contribution in [2.75, 3.05) is 12.8 Å². The van der Waals surface area contributed by atoms with E-state index in [2.05, 4.69) is 24.1 Å². The van der Waals surface area contributed by atoms with Crippen LogP contribution in [0.25, 0.3) is 0 Å². The number of aromatic nitrogens is 1. The summed E-state index contributed by atoms with van der Waals surface area (Å²) in [5.74, 6) is 0. The molecule has 1 N–H and O–H groups in total. The zero-order chi connectivity index (χ0) is 13.0. The minimum atomic E-state index is -0.723. The minimum absolute atomic E-state index is 0.257. The molecule has 0 radical (unpaired) electrons. The first kappa shape index (κ1) is 14.8. The Balaban J connectivity index is 2.42. The van der Waals surface area contributed by atoms with Gasteiger partial charge < -0.3 is 5.32 Å². The molecular formula is C12H22N2OS2. The number of nitrogens with zero attached hydrogens (tertiary/aromatic N) is 1. The van der Waals surface area contributed by atoms with Gasteiger partial charge >= 0.3 is 0 Å². The van der Waals surface area contributed by atoms with Gasteiger partial charge in [-0.05, 0) is 33.7 Å². The summed E-state index contributed by atoms with van der Waals surface area (Å²) in [5, 5.41) is 4.83. The highest BCUT2D eigenvalue weighted by molar-refractivity contribution is 7.84. The van der Waals surface area contributed by atoms with E-state index in [0.29, 0.717) is 0 Å². The third kappa shape index (κ3) is 4.48. The van der Waals surface area contributed by atoms with Gasteiger partial charge in [-0.2, -0.15) is 0 Å². The summed E-state index contributed by atoms with van der Waals surface area (Å²) in [6.07, 6.45) is 2.71. The molecule has 1 rings (SSSR count). The van der Waals surface area contributed by atoms with Crippen LogP contribution in [-0.4, -0.2) is 27.2 Å². The van der Waals surface area contributed by atoms with E-state index in [9.17, 15) is 4.21 Å². The predicted molar refractivity (Wildman–Crippen MR) is 76.2 cm³/mol. The van der Waals surface area contributed by atoms with Crippen LogP contribution in [0, 0.1) is 13.8 Å². The average Bonchev–Trinajstić information content (AvgIpc) is 2.57. The molecule has 0 aromatic carbocycles. The molecule has 0 saturated carbocycles. The summed E-state index contributed by atoms with van der Waals surface area (Å²) >= 11 is 1.74. The molecule has 17 heavy (non-hydrogen) atoms. The number of hydrogen-bond donors (Lipinski definition) is 1. The molecule has 0 aliphatic carbocycles. The molecule has 0 bridgehead atoms. The first-order valence-corrected chi connectivity index (χ1v) is 8.35. The van der Waals surface area contributed by atoms with Crippen molar-refractivity contribution < 1.29 is 4.21 Å². The lowest BCUT2D eigenvalue weighted by Crippen LogP contribution is -2.24. The molecule has 0 fully saturated rings. The Bertz CT molecular complexity index is 390. The van der Waals surface area contributed by atoms with Crippen molar-refractivity contribution >= 4 is 22.1 Å². The van der Waals surface area contributed by atoms with Gasteiger partial charge in [-0.15, -0.1) is 11.3 Å². The molecule has 5 heteroatoms. The highest BCUT2D eigenvalue weighted by atomic mass is 32.2. The summed E-state index contributed by atoms with van der Waals surface area (Å²) in [6, 6.07) is 0.275. The predicted octanol–water partition coefficient (Wildman–Crippen LogP) is 2.57. The molecule has 1 aromatic rings. The minimum Gasteiger partial charge on any atom is -0.309 e. The van der Waals surface area contributed by atoms with Gasteiger partial charge in [0, 0.05) is 33.2 Å². The van der Waals surface area contributed by atoms with Gasteiger partial charge in [0.1, 0.15) is 0 Å². The van der Waals surface area contributed by atoms with E-state index in [4.69, 9.17) is 0 Å². The van der Waals surface area contributed by atoms with Gasteiger partial charge in [0.25, 0.3) is 0 Å². The molecule has 98 valence electrons. The summed E-state index contributed by atoms with van der Waals surface area (Å²) in [6.45, 7) is 9.20. The second-order valence-electron chi connectivity index (χ2n) is 4.45. The molecule has 3 atom stereocenters. The van der Waals surface area contributed by atoms with E-state index in [1.54, 1.807) is 17.6 Å². The van der Waals surface area contributed by atoms with Crippen LogP contribution in [-0.2, 0) is 10.8 Å². The van der Waals surface area contributed by atoms with E-state index in [1.165, 1.54) is 4.88 Å². The maximum atomic E-state index is 11.2. The van der Waals surface area contributed by atoms with E-state index in [1.807, 2.05) is 13.8 Å². The van der Waals surface area contributed by atoms with Crippen molar-refractivity contribution in [3.63, 3.8) is 0 Å². The zero-order valence-electron chi connectivity index (χ0n) is 11.2. The third-order valence-electron chi connectivity index (χ3n) is 2.92. The topological polar surface area (TPSA) is 42.0 Å². The smallest absolute Gasteiger partial charge is 0.0900 e. The Hall–Kier alpha value is -0.260. The van der Waals surface area contributed by atoms with Crippen molar-refractivity contribution in [2.45, 2.75) is 45.4 Å². The highest BCUT2D eigenvalue weighted by Gasteiger charge is 2.13. The van der Waals surface area contributed by atoms with Crippen LogP contribution in [0.1, 0.15) is 41.9 Å². The lowest BCUT2D eigenvalue weighted by molar-refractivity contribution is 0.543. The van der Waals surface area contributed by atoms with Crippen molar-refractivity contribution in [1.82, 2.24) is 10.3 Å². The Kier molecular flexibility index (Phi) is 5.76. The number of rotatable bonds is 6. The van der Waals surface area contributed by atoms with Crippen LogP contribution in [0.3, 0.4) is 0 Å². The van der Waals surface area contributed by atoms with Gasteiger partial charge in [-0.1, -0.05) is 6.92 Å². The third-order valence-corrected chi connectivity index (χ3v) is 5.19. The largest absolute Gasteiger partial charge is 0.309 e. The number of thiazole rings is 1. The van der Waals surface area contributed by atoms with Crippen LogP contribution >= 0.6 is 11.3 Å². The second kappa shape index (κ2) is 6.61. The lowest BCUT2D eigenvalue weighted by Gasteiger charge is -2.14. The number of hydrogen-bond acceptors (Lipinski definition) is 4. The number of aryl methyl sites for hydroxylation is 2. The summed E-state index contributed by atoms with van der Waals surface area (Å²) < 4.78 is 11.2. The highest BCUT2D eigenvalue weighted by Crippen LogP contribution is 2.22. The second-order valence-corrected chi connectivity index (χ2v) is 7.66. The molecule has 0 amide bonds. The molecule has 3 unspecified atom stereocenters. The fourth-order valence-corrected chi connectivity index (χ4v) is 3.08. The quantitative estimate of drug-likeness (QED) is 0.867. The molecule has 0 aliphatic heterocycles. The molecular weight excluding hydrogens is 252 g/mol. The van der Waals surface area contributed by atoms with Gasteiger partial charge in [0.2, 0.25) is 0 Å². The van der Waals surface area contributed by atoms with Crippen LogP contribution in [0.2, 0.25) is 0 Å². The molecule has 1 heterocycles. The molecule has 0 spiro atoms. The van der Waals surface area contributed by atoms with Gasteiger partial charge in [-0.3, -0.25) is 4.21 Å². The van der Waals surface area contributed by atoms with Gasteiger partial charge in [-0.25, -0.2) is 4.98 Å². The van der Waals surface area contributed by atoms with Gasteiger partial charge in [0.15, 0.2) is 0 Å². The normalized spacial score (nSPS) is 16.8. The standard InChI is InChI=1S/C12H22N2OS2/c1-8(17(5)15)6-7-13-9(2)12-10(3)16-11(4)14-12/h8-9,13H,6-7H2,1-5H3. The van der Waals surface area contributed by atoms with Gasteiger partial charge in [0.05, 0.1) is 10.7 Å². The van der Waals surface area contributed by atoms with Crippen molar-refractivity contribution in [3.8, 4) is 0 Å². The first-order chi connectivity index (χ1) is 7.91. The lowest BCUT2D eigenvalue weighted by atomic mass is 10.2. The van der Waals surface area contributed by atoms with Crippen LogP contribution in [0.5, 0.6) is 0 Å². The van der Waals surface area contributed by atoms with Crippen molar-refractivity contribution in [1.29, 1.82) is 0 Å². The monoisotopic (exact) mass is 274 g/mol. The SMILES string of the molecule is Cc1nc(C(C)NCCC(C)S(C)=O)c(C)s1. The Morgan fingerprint density at radius 2 is 2.06 bits per heavy atom. The maximum Gasteiger partial charge on any atom is 0.0900 e. The fourth-order valence-electron chi connectivity index (χ4n) is 1.71. The van der Waals surface area contributed by atoms with E-state index in [0.717, 1.165) is 23.7 Å². The Morgan fingerprint density at radius 1 is 1.41 bits per heavy atom. The van der Waals surface area contributed by atoms with E-state index in [-0.39, 0.29) is 11.3 Å². The maximum absolute atomic E-state index is 11.2. The molecule has 3 nitrogen and oxygen atoms in total. The fraction of sp³-hybridized carbons (Fsp3) is 0.750. The van der Waals surface area contributed by atoms with Crippen molar-refractivity contribution in [2.24, 2.45) is 0 Å². The Morgan fingerprint density at radius 3 is 2.53 bits per heavy atom. The molecule has 1 aromatic heterocycles. The molecule has 0 aliphatic rings. The van der Waals surface area contributed by atoms with Crippen molar-refractivity contribution in [3.05, 3.63) is 15.6 Å². The molecule has 0 saturated heterocycles. The van der Waals surface area contributed by atoms with Crippen LogP contribution in [0.15, 0.2) is 0 Å². The van der Waals surface area contributed by atoms with Crippen LogP contribution < -0.4 is 5.32 Å². The summed E-state index contributed by atoms with van der Waals surface area (Å²) in [7, 11) is -0.723. The number of nitrogens with one attached hydrogen (secondary N) is 1. The first-order valence-electron chi connectivity index (χ1n) is 5.91.